The van der Waals surface area contributed by atoms with Crippen molar-refractivity contribution in [2.24, 2.45) is 0 Å². The summed E-state index contributed by atoms with van der Waals surface area (Å²) in [5.41, 5.74) is 4.47. The third kappa shape index (κ3) is 15.2. The molecule has 0 aliphatic rings. The van der Waals surface area contributed by atoms with E-state index in [1.807, 2.05) is 66.7 Å². The highest BCUT2D eigenvalue weighted by atomic mass is 35.5. The van der Waals surface area contributed by atoms with Crippen molar-refractivity contribution < 1.29 is 32.2 Å². The summed E-state index contributed by atoms with van der Waals surface area (Å²) in [7, 11) is 0. The third-order valence-corrected chi connectivity index (χ3v) is 9.65. The number of benzene rings is 4. The molecule has 266 valence electrons. The van der Waals surface area contributed by atoms with E-state index >= 15 is 0 Å². The number of unbranched alkanes of at least 4 members (excludes halogenated alkanes) is 8. The second-order valence-electron chi connectivity index (χ2n) is 13.6. The Morgan fingerprint density at radius 1 is 0.510 bits per heavy atom. The van der Waals surface area contributed by atoms with E-state index in [9.17, 15) is 15.3 Å². The molecule has 49 heavy (non-hydrogen) atoms. The molecule has 0 spiro atoms. The molecule has 0 bridgehead atoms. The Hall–Kier alpha value is -3.03. The molecule has 0 saturated heterocycles. The zero-order valence-electron chi connectivity index (χ0n) is 29.3. The average molecular weight is 687 g/mol. The summed E-state index contributed by atoms with van der Waals surface area (Å²) in [6.45, 7) is 5.64. The second kappa shape index (κ2) is 23.4. The summed E-state index contributed by atoms with van der Waals surface area (Å²) >= 11 is 0. The van der Waals surface area contributed by atoms with Crippen LogP contribution in [0.1, 0.15) is 92.2 Å². The summed E-state index contributed by atoms with van der Waals surface area (Å²) < 4.78 is 0.695. The van der Waals surface area contributed by atoms with Gasteiger partial charge in [0.05, 0.1) is 19.3 Å². The van der Waals surface area contributed by atoms with Gasteiger partial charge in [0, 0.05) is 18.7 Å². The van der Waals surface area contributed by atoms with Gasteiger partial charge in [-0.25, -0.2) is 0 Å². The molecular formula is C43H59ClN2O3. The first-order chi connectivity index (χ1) is 23.6. The number of halogens is 1. The van der Waals surface area contributed by atoms with Crippen molar-refractivity contribution in [1.82, 2.24) is 4.90 Å². The SMILES string of the molecule is OCC[N+](CCCCCCCCCCCN(Cc1ccccc1)CC(O)c1ccccc1)(Cc1ccccc1)CC(O)c1ccccc1.[Cl-]. The van der Waals surface area contributed by atoms with Crippen LogP contribution in [0.3, 0.4) is 0 Å². The highest BCUT2D eigenvalue weighted by Gasteiger charge is 2.31. The Kier molecular flexibility index (Phi) is 19.3. The molecule has 0 aromatic heterocycles. The van der Waals surface area contributed by atoms with Gasteiger partial charge in [-0.15, -0.1) is 0 Å². The molecule has 4 aromatic rings. The van der Waals surface area contributed by atoms with Gasteiger partial charge >= 0.3 is 0 Å². The van der Waals surface area contributed by atoms with Gasteiger partial charge in [-0.1, -0.05) is 160 Å². The molecule has 4 aromatic carbocycles. The molecule has 0 heterocycles. The third-order valence-electron chi connectivity index (χ3n) is 9.65. The molecule has 0 saturated carbocycles. The molecule has 3 atom stereocenters. The first-order valence-corrected chi connectivity index (χ1v) is 18.3. The van der Waals surface area contributed by atoms with E-state index in [4.69, 9.17) is 0 Å². The van der Waals surface area contributed by atoms with Gasteiger partial charge < -0.3 is 32.2 Å². The van der Waals surface area contributed by atoms with Gasteiger partial charge in [0.2, 0.25) is 0 Å². The van der Waals surface area contributed by atoms with E-state index in [1.54, 1.807) is 0 Å². The number of hydrogen-bond acceptors (Lipinski definition) is 4. The Morgan fingerprint density at radius 3 is 1.49 bits per heavy atom. The number of nitrogens with zero attached hydrogens (tertiary/aromatic N) is 2. The highest BCUT2D eigenvalue weighted by Crippen LogP contribution is 2.24. The van der Waals surface area contributed by atoms with E-state index < -0.39 is 12.2 Å². The molecule has 0 amide bonds. The van der Waals surface area contributed by atoms with Crippen LogP contribution in [0.25, 0.3) is 0 Å². The summed E-state index contributed by atoms with van der Waals surface area (Å²) in [6.07, 6.45) is 9.90. The smallest absolute Gasteiger partial charge is 0.128 e. The predicted octanol–water partition coefficient (Wildman–Crippen LogP) is 5.48. The normalized spacial score (nSPS) is 13.8. The van der Waals surface area contributed by atoms with Crippen LogP contribution >= 0.6 is 0 Å². The summed E-state index contributed by atoms with van der Waals surface area (Å²) in [4.78, 5) is 2.40. The molecule has 0 aliphatic carbocycles. The van der Waals surface area contributed by atoms with Crippen LogP contribution in [0.2, 0.25) is 0 Å². The van der Waals surface area contributed by atoms with Gasteiger partial charge in [0.25, 0.3) is 0 Å². The Bertz CT molecular complexity index is 1360. The highest BCUT2D eigenvalue weighted by molar-refractivity contribution is 5.19. The Labute approximate surface area is 302 Å². The lowest BCUT2D eigenvalue weighted by Crippen LogP contribution is -3.00. The molecule has 0 radical (unpaired) electrons. The number of aliphatic hydroxyl groups excluding tert-OH is 3. The standard InChI is InChI=1S/C43H59N2O3.ClH/c46-33-32-45(36-39-24-14-9-15-25-39,37-43(48)41-28-18-11-19-29-41)31-21-7-5-3-1-2-4-6-20-30-44(34-38-22-12-8-13-23-38)35-42(47)40-26-16-10-17-27-40;/h8-19,22-29,42-43,46-48H,1-7,20-21,30-37H2;1H/q+1;/p-1. The zero-order valence-corrected chi connectivity index (χ0v) is 30.1. The molecule has 0 fully saturated rings. The molecular weight excluding hydrogens is 628 g/mol. The van der Waals surface area contributed by atoms with Gasteiger partial charge in [-0.2, -0.15) is 0 Å². The van der Waals surface area contributed by atoms with Crippen LogP contribution in [0.4, 0.5) is 0 Å². The van der Waals surface area contributed by atoms with Gasteiger partial charge in [0.15, 0.2) is 0 Å². The van der Waals surface area contributed by atoms with E-state index in [2.05, 4.69) is 59.5 Å². The lowest BCUT2D eigenvalue weighted by atomic mass is 10.0. The minimum absolute atomic E-state index is 0. The maximum Gasteiger partial charge on any atom is 0.128 e. The van der Waals surface area contributed by atoms with Crippen LogP contribution in [0.5, 0.6) is 0 Å². The molecule has 0 aliphatic heterocycles. The second-order valence-corrected chi connectivity index (χ2v) is 13.6. The van der Waals surface area contributed by atoms with E-state index in [0.717, 1.165) is 50.1 Å². The fourth-order valence-electron chi connectivity index (χ4n) is 6.97. The fraction of sp³-hybridized carbons (Fsp3) is 0.442. The lowest BCUT2D eigenvalue weighted by molar-refractivity contribution is -0.944. The van der Waals surface area contributed by atoms with Crippen molar-refractivity contribution >= 4 is 0 Å². The lowest BCUT2D eigenvalue weighted by Gasteiger charge is -2.40. The minimum Gasteiger partial charge on any atom is -1.00 e. The Balaban J connectivity index is 0.00000650. The van der Waals surface area contributed by atoms with Crippen LogP contribution in [0.15, 0.2) is 121 Å². The monoisotopic (exact) mass is 686 g/mol. The van der Waals surface area contributed by atoms with Crippen molar-refractivity contribution in [3.05, 3.63) is 144 Å². The van der Waals surface area contributed by atoms with Crippen molar-refractivity contribution in [3.8, 4) is 0 Å². The van der Waals surface area contributed by atoms with Crippen LogP contribution in [-0.2, 0) is 13.1 Å². The molecule has 3 unspecified atom stereocenters. The van der Waals surface area contributed by atoms with E-state index in [1.165, 1.54) is 56.1 Å². The van der Waals surface area contributed by atoms with Crippen molar-refractivity contribution in [2.45, 2.75) is 83.1 Å². The first kappa shape index (κ1) is 40.4. The topological polar surface area (TPSA) is 63.9 Å². The van der Waals surface area contributed by atoms with E-state index in [0.29, 0.717) is 24.1 Å². The first-order valence-electron chi connectivity index (χ1n) is 18.3. The van der Waals surface area contributed by atoms with Crippen molar-refractivity contribution in [1.29, 1.82) is 0 Å². The van der Waals surface area contributed by atoms with Crippen LogP contribution < -0.4 is 12.4 Å². The summed E-state index contributed by atoms with van der Waals surface area (Å²) in [6, 6.07) is 41.0. The van der Waals surface area contributed by atoms with Crippen LogP contribution in [0, 0.1) is 0 Å². The summed E-state index contributed by atoms with van der Waals surface area (Å²) in [5, 5.41) is 32.2. The molecule has 4 rings (SSSR count). The van der Waals surface area contributed by atoms with Crippen molar-refractivity contribution in [2.75, 3.05) is 39.3 Å². The Morgan fingerprint density at radius 2 is 0.959 bits per heavy atom. The molecule has 3 N–H and O–H groups in total. The largest absolute Gasteiger partial charge is 1.00 e. The maximum atomic E-state index is 11.2. The van der Waals surface area contributed by atoms with E-state index in [-0.39, 0.29) is 19.0 Å². The fourth-order valence-corrected chi connectivity index (χ4v) is 6.97. The minimum atomic E-state index is -0.555. The maximum absolute atomic E-state index is 11.2. The van der Waals surface area contributed by atoms with Crippen LogP contribution in [-0.4, -0.2) is 64.0 Å². The quantitative estimate of drug-likeness (QED) is 0.0675. The molecule has 5 nitrogen and oxygen atoms in total. The summed E-state index contributed by atoms with van der Waals surface area (Å²) in [5.74, 6) is 0. The van der Waals surface area contributed by atoms with Gasteiger partial charge in [0.1, 0.15) is 25.7 Å². The van der Waals surface area contributed by atoms with Gasteiger partial charge in [-0.05, 0) is 42.5 Å². The average Bonchev–Trinajstić information content (AvgIpc) is 3.12. The number of hydrogen-bond donors (Lipinski definition) is 3. The zero-order chi connectivity index (χ0) is 33.7. The number of rotatable bonds is 24. The number of aliphatic hydroxyl groups is 3. The predicted molar refractivity (Wildman–Crippen MR) is 198 cm³/mol. The molecule has 6 heteroatoms. The number of quaternary nitrogens is 1. The van der Waals surface area contributed by atoms with Crippen molar-refractivity contribution in [3.63, 3.8) is 0 Å². The van der Waals surface area contributed by atoms with Gasteiger partial charge in [-0.3, -0.25) is 4.90 Å².